The van der Waals surface area contributed by atoms with Crippen molar-refractivity contribution in [2.45, 2.75) is 6.61 Å². The molecule has 0 bridgehead atoms. The van der Waals surface area contributed by atoms with Gasteiger partial charge in [-0.1, -0.05) is 36.4 Å². The number of carbonyl (C=O) groups is 2. The minimum atomic E-state index is -1.22. The Balaban J connectivity index is 1.94. The number of aliphatic carboxylic acids is 1. The summed E-state index contributed by atoms with van der Waals surface area (Å²) in [5.41, 5.74) is 0.599. The lowest BCUT2D eigenvalue weighted by Gasteiger charge is -2.07. The van der Waals surface area contributed by atoms with Crippen molar-refractivity contribution in [3.63, 3.8) is 0 Å². The standard InChI is InChI=1S/C15H13NO4S/c17-14(18)13(9-12-7-4-8-21-12)16-15(19)20-10-11-5-2-1-3-6-11/h1-9H,10H2,(H,16,19)(H,17,18)/b13-9-. The molecule has 0 unspecified atom stereocenters. The molecule has 0 saturated carbocycles. The zero-order valence-electron chi connectivity index (χ0n) is 11.0. The maximum absolute atomic E-state index is 11.6. The van der Waals surface area contributed by atoms with Gasteiger partial charge in [0.15, 0.2) is 0 Å². The molecule has 0 spiro atoms. The van der Waals surface area contributed by atoms with Gasteiger partial charge in [-0.25, -0.2) is 9.59 Å². The molecule has 2 N–H and O–H groups in total. The third-order valence-electron chi connectivity index (χ3n) is 2.51. The van der Waals surface area contributed by atoms with E-state index in [-0.39, 0.29) is 12.3 Å². The van der Waals surface area contributed by atoms with Crippen LogP contribution in [0, 0.1) is 0 Å². The summed E-state index contributed by atoms with van der Waals surface area (Å²) in [6.07, 6.45) is 0.584. The van der Waals surface area contributed by atoms with Crippen LogP contribution in [0.15, 0.2) is 53.5 Å². The first-order valence-electron chi connectivity index (χ1n) is 6.11. The van der Waals surface area contributed by atoms with E-state index in [9.17, 15) is 9.59 Å². The van der Waals surface area contributed by atoms with Crippen molar-refractivity contribution in [1.29, 1.82) is 0 Å². The van der Waals surface area contributed by atoms with Crippen LogP contribution < -0.4 is 5.32 Å². The Kier molecular flexibility index (Phi) is 5.11. The number of hydrogen-bond donors (Lipinski definition) is 2. The first-order chi connectivity index (χ1) is 10.1. The Morgan fingerprint density at radius 3 is 2.57 bits per heavy atom. The zero-order chi connectivity index (χ0) is 15.1. The van der Waals surface area contributed by atoms with Crippen LogP contribution in [0.1, 0.15) is 10.4 Å². The van der Waals surface area contributed by atoms with Gasteiger partial charge in [0.1, 0.15) is 12.3 Å². The van der Waals surface area contributed by atoms with Crippen LogP contribution in [-0.2, 0) is 16.1 Å². The molecule has 0 saturated heterocycles. The molecule has 2 rings (SSSR count). The van der Waals surface area contributed by atoms with E-state index in [0.29, 0.717) is 0 Å². The SMILES string of the molecule is O=C(N/C(=C\c1cccs1)C(=O)O)OCc1ccccc1. The van der Waals surface area contributed by atoms with Gasteiger partial charge in [0.2, 0.25) is 0 Å². The summed E-state index contributed by atoms with van der Waals surface area (Å²) in [7, 11) is 0. The lowest BCUT2D eigenvalue weighted by molar-refractivity contribution is -0.132. The van der Waals surface area contributed by atoms with E-state index >= 15 is 0 Å². The van der Waals surface area contributed by atoms with E-state index in [0.717, 1.165) is 10.4 Å². The number of ether oxygens (including phenoxy) is 1. The van der Waals surface area contributed by atoms with Gasteiger partial charge in [0.25, 0.3) is 0 Å². The Labute approximate surface area is 125 Å². The second-order valence-electron chi connectivity index (χ2n) is 4.07. The number of benzene rings is 1. The van der Waals surface area contributed by atoms with Gasteiger partial charge < -0.3 is 9.84 Å². The van der Waals surface area contributed by atoms with E-state index in [1.54, 1.807) is 12.1 Å². The summed E-state index contributed by atoms with van der Waals surface area (Å²) in [6, 6.07) is 12.7. The van der Waals surface area contributed by atoms with Gasteiger partial charge >= 0.3 is 12.1 Å². The molecule has 1 amide bonds. The Morgan fingerprint density at radius 1 is 1.19 bits per heavy atom. The lowest BCUT2D eigenvalue weighted by Crippen LogP contribution is -2.27. The molecule has 1 heterocycles. The van der Waals surface area contributed by atoms with Gasteiger partial charge in [-0.15, -0.1) is 11.3 Å². The average molecular weight is 303 g/mol. The van der Waals surface area contributed by atoms with Gasteiger partial charge in [-0.05, 0) is 23.1 Å². The van der Waals surface area contributed by atoms with E-state index in [2.05, 4.69) is 5.32 Å². The number of alkyl carbamates (subject to hydrolysis) is 1. The highest BCUT2D eigenvalue weighted by Gasteiger charge is 2.12. The second-order valence-corrected chi connectivity index (χ2v) is 5.04. The highest BCUT2D eigenvalue weighted by Crippen LogP contribution is 2.12. The predicted molar refractivity (Wildman–Crippen MR) is 79.7 cm³/mol. The van der Waals surface area contributed by atoms with Crippen LogP contribution in [-0.4, -0.2) is 17.2 Å². The van der Waals surface area contributed by atoms with E-state index in [1.165, 1.54) is 17.4 Å². The number of amides is 1. The second kappa shape index (κ2) is 7.25. The molecule has 0 atom stereocenters. The van der Waals surface area contributed by atoms with E-state index in [4.69, 9.17) is 9.84 Å². The van der Waals surface area contributed by atoms with Crippen LogP contribution in [0.25, 0.3) is 6.08 Å². The van der Waals surface area contributed by atoms with Crippen molar-refractivity contribution in [3.8, 4) is 0 Å². The van der Waals surface area contributed by atoms with Crippen molar-refractivity contribution in [2.75, 3.05) is 0 Å². The summed E-state index contributed by atoms with van der Waals surface area (Å²) in [6.45, 7) is 0.0819. The van der Waals surface area contributed by atoms with Crippen LogP contribution in [0.2, 0.25) is 0 Å². The van der Waals surface area contributed by atoms with Crippen molar-refractivity contribution in [3.05, 3.63) is 64.0 Å². The predicted octanol–water partition coefficient (Wildman–Crippen LogP) is 3.10. The normalized spacial score (nSPS) is 11.0. The molecule has 2 aromatic rings. The van der Waals surface area contributed by atoms with Crippen molar-refractivity contribution >= 4 is 29.5 Å². The molecular weight excluding hydrogens is 290 g/mol. The summed E-state index contributed by atoms with van der Waals surface area (Å²) in [4.78, 5) is 23.5. The fraction of sp³-hybridized carbons (Fsp3) is 0.0667. The summed E-state index contributed by atoms with van der Waals surface area (Å²) in [5.74, 6) is -1.22. The summed E-state index contributed by atoms with van der Waals surface area (Å²) >= 11 is 1.37. The minimum Gasteiger partial charge on any atom is -0.477 e. The molecule has 1 aromatic heterocycles. The van der Waals surface area contributed by atoms with Crippen molar-refractivity contribution < 1.29 is 19.4 Å². The number of rotatable bonds is 5. The molecule has 5 nitrogen and oxygen atoms in total. The van der Waals surface area contributed by atoms with Crippen LogP contribution >= 0.6 is 11.3 Å². The topological polar surface area (TPSA) is 75.6 Å². The first kappa shape index (κ1) is 14.8. The molecule has 0 radical (unpaired) electrons. The zero-order valence-corrected chi connectivity index (χ0v) is 11.8. The molecule has 108 valence electrons. The number of carbonyl (C=O) groups excluding carboxylic acids is 1. The molecule has 6 heteroatoms. The molecule has 0 aliphatic carbocycles. The molecule has 1 aromatic carbocycles. The highest BCUT2D eigenvalue weighted by atomic mass is 32.1. The van der Waals surface area contributed by atoms with Gasteiger partial charge in [-0.2, -0.15) is 0 Å². The fourth-order valence-electron chi connectivity index (χ4n) is 1.54. The number of carboxylic acid groups (broad SMARTS) is 1. The maximum atomic E-state index is 11.6. The lowest BCUT2D eigenvalue weighted by atomic mass is 10.2. The van der Waals surface area contributed by atoms with E-state index < -0.39 is 12.1 Å². The van der Waals surface area contributed by atoms with Crippen LogP contribution in [0.3, 0.4) is 0 Å². The molecule has 0 aliphatic rings. The Bertz CT molecular complexity index is 635. The summed E-state index contributed by atoms with van der Waals surface area (Å²) < 4.78 is 4.98. The van der Waals surface area contributed by atoms with Crippen LogP contribution in [0.4, 0.5) is 4.79 Å². The van der Waals surface area contributed by atoms with Crippen LogP contribution in [0.5, 0.6) is 0 Å². The summed E-state index contributed by atoms with van der Waals surface area (Å²) in [5, 5.41) is 13.1. The van der Waals surface area contributed by atoms with Crippen molar-refractivity contribution in [2.24, 2.45) is 0 Å². The number of nitrogens with one attached hydrogen (secondary N) is 1. The van der Waals surface area contributed by atoms with Crippen molar-refractivity contribution in [1.82, 2.24) is 5.32 Å². The molecule has 21 heavy (non-hydrogen) atoms. The number of hydrogen-bond acceptors (Lipinski definition) is 4. The third kappa shape index (κ3) is 4.77. The smallest absolute Gasteiger partial charge is 0.412 e. The number of thiophene rings is 1. The Hall–Kier alpha value is -2.60. The molecule has 0 fully saturated rings. The van der Waals surface area contributed by atoms with Gasteiger partial charge in [0.05, 0.1) is 0 Å². The maximum Gasteiger partial charge on any atom is 0.412 e. The largest absolute Gasteiger partial charge is 0.477 e. The average Bonchev–Trinajstić information content (AvgIpc) is 2.98. The monoisotopic (exact) mass is 303 g/mol. The highest BCUT2D eigenvalue weighted by molar-refractivity contribution is 7.10. The minimum absolute atomic E-state index is 0.0819. The quantitative estimate of drug-likeness (QED) is 0.832. The first-order valence-corrected chi connectivity index (χ1v) is 6.99. The Morgan fingerprint density at radius 2 is 1.95 bits per heavy atom. The molecular formula is C15H13NO4S. The van der Waals surface area contributed by atoms with Gasteiger partial charge in [0, 0.05) is 4.88 Å². The fourth-order valence-corrected chi connectivity index (χ4v) is 2.19. The third-order valence-corrected chi connectivity index (χ3v) is 3.33. The van der Waals surface area contributed by atoms with Gasteiger partial charge in [-0.3, -0.25) is 5.32 Å². The van der Waals surface area contributed by atoms with E-state index in [1.807, 2.05) is 35.7 Å². The molecule has 0 aliphatic heterocycles. The number of carboxylic acids is 1.